The minimum atomic E-state index is -4.44. The fourth-order valence-electron chi connectivity index (χ4n) is 2.98. The molecule has 32 heavy (non-hydrogen) atoms. The number of carbonyl (C=O) groups excluding carboxylic acids is 2. The van der Waals surface area contributed by atoms with Gasteiger partial charge in [-0.3, -0.25) is 9.59 Å². The predicted octanol–water partition coefficient (Wildman–Crippen LogP) is 4.09. The third kappa shape index (κ3) is 6.06. The molecule has 2 heterocycles. The molecule has 1 aromatic carbocycles. The zero-order valence-corrected chi connectivity index (χ0v) is 18.2. The van der Waals surface area contributed by atoms with Gasteiger partial charge in [-0.15, -0.1) is 0 Å². The number of benzene rings is 1. The molecule has 0 aliphatic heterocycles. The van der Waals surface area contributed by atoms with Crippen molar-refractivity contribution in [3.63, 3.8) is 0 Å². The molecule has 0 unspecified atom stereocenters. The van der Waals surface area contributed by atoms with Gasteiger partial charge in [-0.1, -0.05) is 25.1 Å². The van der Waals surface area contributed by atoms with E-state index in [4.69, 9.17) is 4.42 Å². The Kier molecular flexibility index (Phi) is 7.84. The molecule has 3 aromatic rings. The second-order valence-electron chi connectivity index (χ2n) is 6.97. The Morgan fingerprint density at radius 1 is 1.19 bits per heavy atom. The summed E-state index contributed by atoms with van der Waals surface area (Å²) in [5, 5.41) is 5.80. The van der Waals surface area contributed by atoms with Gasteiger partial charge in [0.15, 0.2) is 10.9 Å². The molecule has 0 radical (unpaired) electrons. The summed E-state index contributed by atoms with van der Waals surface area (Å²) in [6.45, 7) is 3.07. The van der Waals surface area contributed by atoms with Crippen molar-refractivity contribution in [3.05, 3.63) is 47.9 Å². The fourth-order valence-corrected chi connectivity index (χ4v) is 3.85. The van der Waals surface area contributed by atoms with Crippen molar-refractivity contribution in [1.29, 1.82) is 0 Å². The Balaban J connectivity index is 1.57. The number of hydrogen-bond acceptors (Lipinski definition) is 5. The maximum Gasteiger partial charge on any atom is 0.416 e. The fraction of sp³-hybridized carbons (Fsp3) is 0.381. The van der Waals surface area contributed by atoms with Crippen LogP contribution in [0.2, 0.25) is 0 Å². The molecule has 0 aliphatic carbocycles. The zero-order valence-electron chi connectivity index (χ0n) is 17.4. The van der Waals surface area contributed by atoms with E-state index in [1.165, 1.54) is 18.4 Å². The van der Waals surface area contributed by atoms with E-state index in [9.17, 15) is 22.8 Å². The third-order valence-corrected chi connectivity index (χ3v) is 5.56. The first kappa shape index (κ1) is 23.7. The molecule has 0 aliphatic rings. The number of amides is 2. The van der Waals surface area contributed by atoms with E-state index in [2.05, 4.69) is 15.6 Å². The van der Waals surface area contributed by atoms with Crippen molar-refractivity contribution in [2.75, 3.05) is 18.8 Å². The van der Waals surface area contributed by atoms with Gasteiger partial charge in [-0.05, 0) is 36.8 Å². The third-order valence-electron chi connectivity index (χ3n) is 4.59. The van der Waals surface area contributed by atoms with Crippen LogP contribution < -0.4 is 10.6 Å². The molecule has 172 valence electrons. The van der Waals surface area contributed by atoms with E-state index < -0.39 is 11.7 Å². The van der Waals surface area contributed by atoms with Crippen molar-refractivity contribution in [2.45, 2.75) is 37.6 Å². The van der Waals surface area contributed by atoms with Crippen LogP contribution in [-0.4, -0.2) is 40.2 Å². The summed E-state index contributed by atoms with van der Waals surface area (Å²) < 4.78 is 45.9. The molecule has 0 spiro atoms. The largest absolute Gasteiger partial charge is 0.459 e. The number of alkyl halides is 3. The average Bonchev–Trinajstić information content (AvgIpc) is 3.40. The van der Waals surface area contributed by atoms with Gasteiger partial charge >= 0.3 is 6.18 Å². The van der Waals surface area contributed by atoms with Gasteiger partial charge in [0.1, 0.15) is 0 Å². The van der Waals surface area contributed by atoms with Crippen LogP contribution in [0.3, 0.4) is 0 Å². The number of nitrogens with zero attached hydrogens (tertiary/aromatic N) is 2. The number of carbonyl (C=O) groups is 2. The number of halogens is 3. The molecule has 0 atom stereocenters. The lowest BCUT2D eigenvalue weighted by Gasteiger charge is -2.09. The topological polar surface area (TPSA) is 89.2 Å². The lowest BCUT2D eigenvalue weighted by atomic mass is 10.2. The van der Waals surface area contributed by atoms with E-state index in [-0.39, 0.29) is 41.9 Å². The number of unbranched alkanes of at least 4 members (excludes halogenated alkanes) is 1. The number of furan rings is 1. The standard InChI is InChI=1S/C21H23F3N4O3S/c1-2-3-10-28-16-7-6-14(21(22,23)24)12-15(16)27-20(28)32-13-18(29)25-8-9-26-19(30)17-5-4-11-31-17/h4-7,11-12H,2-3,8-10,13H2,1H3,(H,25,29)(H,26,30). The highest BCUT2D eigenvalue weighted by molar-refractivity contribution is 7.99. The highest BCUT2D eigenvalue weighted by Crippen LogP contribution is 2.33. The smallest absolute Gasteiger partial charge is 0.416 e. The van der Waals surface area contributed by atoms with Crippen LogP contribution >= 0.6 is 11.8 Å². The summed E-state index contributed by atoms with van der Waals surface area (Å²) in [5.41, 5.74) is 0.102. The summed E-state index contributed by atoms with van der Waals surface area (Å²) in [6.07, 6.45) is -1.30. The predicted molar refractivity (Wildman–Crippen MR) is 114 cm³/mol. The lowest BCUT2D eigenvalue weighted by Crippen LogP contribution is -2.35. The Labute approximate surface area is 186 Å². The summed E-state index contributed by atoms with van der Waals surface area (Å²) in [6, 6.07) is 6.64. The summed E-state index contributed by atoms with van der Waals surface area (Å²) in [4.78, 5) is 28.3. The quantitative estimate of drug-likeness (QED) is 0.346. The highest BCUT2D eigenvalue weighted by atomic mass is 32.2. The van der Waals surface area contributed by atoms with Crippen LogP contribution in [0.5, 0.6) is 0 Å². The zero-order chi connectivity index (χ0) is 23.1. The second-order valence-corrected chi connectivity index (χ2v) is 7.92. The van der Waals surface area contributed by atoms with Crippen LogP contribution in [0.4, 0.5) is 13.2 Å². The number of rotatable bonds is 10. The van der Waals surface area contributed by atoms with Crippen LogP contribution in [0.15, 0.2) is 46.2 Å². The van der Waals surface area contributed by atoms with E-state index in [1.807, 2.05) is 11.5 Å². The average molecular weight is 469 g/mol. The highest BCUT2D eigenvalue weighted by Gasteiger charge is 2.31. The molecule has 11 heteroatoms. The minimum Gasteiger partial charge on any atom is -0.459 e. The van der Waals surface area contributed by atoms with Gasteiger partial charge in [-0.2, -0.15) is 13.2 Å². The maximum absolute atomic E-state index is 13.0. The molecule has 2 amide bonds. The number of imidazole rings is 1. The molecule has 0 saturated heterocycles. The van der Waals surface area contributed by atoms with Crippen molar-refractivity contribution in [3.8, 4) is 0 Å². The Morgan fingerprint density at radius 3 is 2.66 bits per heavy atom. The first-order valence-electron chi connectivity index (χ1n) is 10.1. The molecule has 2 N–H and O–H groups in total. The van der Waals surface area contributed by atoms with Crippen LogP contribution in [0.25, 0.3) is 11.0 Å². The summed E-state index contributed by atoms with van der Waals surface area (Å²) >= 11 is 1.16. The van der Waals surface area contributed by atoms with Gasteiger partial charge in [0.25, 0.3) is 5.91 Å². The van der Waals surface area contributed by atoms with Crippen LogP contribution in [0.1, 0.15) is 35.9 Å². The Bertz CT molecular complexity index is 1060. The number of thioether (sulfide) groups is 1. The number of fused-ring (bicyclic) bond motifs is 1. The molecule has 7 nitrogen and oxygen atoms in total. The monoisotopic (exact) mass is 468 g/mol. The first-order chi connectivity index (χ1) is 15.3. The molecular formula is C21H23F3N4O3S. The van der Waals surface area contributed by atoms with Gasteiger partial charge in [-0.25, -0.2) is 4.98 Å². The summed E-state index contributed by atoms with van der Waals surface area (Å²) in [7, 11) is 0. The molecular weight excluding hydrogens is 445 g/mol. The van der Waals surface area contributed by atoms with E-state index in [1.54, 1.807) is 6.07 Å². The van der Waals surface area contributed by atoms with Crippen molar-refractivity contribution in [2.24, 2.45) is 0 Å². The normalized spacial score (nSPS) is 11.6. The van der Waals surface area contributed by atoms with Crippen molar-refractivity contribution in [1.82, 2.24) is 20.2 Å². The van der Waals surface area contributed by atoms with E-state index in [0.717, 1.165) is 36.7 Å². The lowest BCUT2D eigenvalue weighted by molar-refractivity contribution is -0.137. The van der Waals surface area contributed by atoms with Crippen molar-refractivity contribution >= 4 is 34.6 Å². The number of hydrogen-bond donors (Lipinski definition) is 2. The van der Waals surface area contributed by atoms with Gasteiger partial charge in [0, 0.05) is 19.6 Å². The molecule has 0 saturated carbocycles. The van der Waals surface area contributed by atoms with Gasteiger partial charge < -0.3 is 19.6 Å². The number of nitrogens with one attached hydrogen (secondary N) is 2. The van der Waals surface area contributed by atoms with Crippen molar-refractivity contribution < 1.29 is 27.2 Å². The second kappa shape index (κ2) is 10.6. The van der Waals surface area contributed by atoms with Crippen LogP contribution in [0, 0.1) is 0 Å². The van der Waals surface area contributed by atoms with E-state index >= 15 is 0 Å². The number of aromatic nitrogens is 2. The molecule has 0 bridgehead atoms. The number of aryl methyl sites for hydroxylation is 1. The van der Waals surface area contributed by atoms with E-state index in [0.29, 0.717) is 17.2 Å². The molecule has 0 fully saturated rings. The molecule has 3 rings (SSSR count). The maximum atomic E-state index is 13.0. The Morgan fingerprint density at radius 2 is 1.97 bits per heavy atom. The SMILES string of the molecule is CCCCn1c(SCC(=O)NCCNC(=O)c2ccco2)nc2cc(C(F)(F)F)ccc21. The minimum absolute atomic E-state index is 0.0493. The van der Waals surface area contributed by atoms with Gasteiger partial charge in [0.2, 0.25) is 5.91 Å². The van der Waals surface area contributed by atoms with Gasteiger partial charge in [0.05, 0.1) is 28.6 Å². The summed E-state index contributed by atoms with van der Waals surface area (Å²) in [5.74, 6) is -0.409. The molecule has 2 aromatic heterocycles. The first-order valence-corrected chi connectivity index (χ1v) is 11.1. The van der Waals surface area contributed by atoms with Crippen LogP contribution in [-0.2, 0) is 17.5 Å². The Hall–Kier alpha value is -2.95.